The zero-order chi connectivity index (χ0) is 13.3. The molecule has 0 heterocycles. The summed E-state index contributed by atoms with van der Waals surface area (Å²) in [5, 5.41) is 3.93. The maximum absolute atomic E-state index is 11.7. The summed E-state index contributed by atoms with van der Waals surface area (Å²) in [6.07, 6.45) is 2.45. The smallest absolute Gasteiger partial charge is 0.340 e. The third kappa shape index (κ3) is 2.61. The van der Waals surface area contributed by atoms with Crippen LogP contribution < -0.4 is 5.32 Å². The molecule has 2 rings (SSSR count). The molecule has 0 bridgehead atoms. The third-order valence-electron chi connectivity index (χ3n) is 3.84. The number of carbonyl (C=O) groups excluding carboxylic acids is 1. The fourth-order valence-electron chi connectivity index (χ4n) is 1.96. The van der Waals surface area contributed by atoms with Crippen molar-refractivity contribution in [3.05, 3.63) is 28.8 Å². The van der Waals surface area contributed by atoms with Gasteiger partial charge >= 0.3 is 5.97 Å². The number of anilines is 1. The fourth-order valence-corrected chi connectivity index (χ4v) is 2.13. The molecule has 0 saturated heterocycles. The predicted octanol–water partition coefficient (Wildman–Crippen LogP) is 3.73. The van der Waals surface area contributed by atoms with Gasteiger partial charge in [-0.2, -0.15) is 0 Å². The van der Waals surface area contributed by atoms with Gasteiger partial charge in [0.1, 0.15) is 0 Å². The van der Waals surface area contributed by atoms with E-state index in [0.29, 0.717) is 22.0 Å². The first-order chi connectivity index (χ1) is 8.46. The fraction of sp³-hybridized carbons (Fsp3) is 0.500. The molecule has 0 spiro atoms. The van der Waals surface area contributed by atoms with Crippen molar-refractivity contribution in [2.45, 2.75) is 32.7 Å². The molecule has 1 saturated carbocycles. The molecule has 0 aromatic heterocycles. The van der Waals surface area contributed by atoms with Crippen LogP contribution in [0.2, 0.25) is 5.02 Å². The van der Waals surface area contributed by atoms with Crippen LogP contribution in [0.25, 0.3) is 0 Å². The van der Waals surface area contributed by atoms with Gasteiger partial charge in [-0.15, -0.1) is 0 Å². The Morgan fingerprint density at radius 3 is 2.72 bits per heavy atom. The van der Waals surface area contributed by atoms with E-state index < -0.39 is 0 Å². The van der Waals surface area contributed by atoms with Crippen LogP contribution in [-0.4, -0.2) is 19.1 Å². The lowest BCUT2D eigenvalue weighted by Gasteiger charge is -2.23. The largest absolute Gasteiger partial charge is 0.465 e. The maximum Gasteiger partial charge on any atom is 0.340 e. The van der Waals surface area contributed by atoms with Crippen LogP contribution in [0, 0.1) is 5.41 Å². The van der Waals surface area contributed by atoms with Crippen molar-refractivity contribution in [3.63, 3.8) is 0 Å². The van der Waals surface area contributed by atoms with Crippen LogP contribution in [0.1, 0.15) is 37.0 Å². The minimum Gasteiger partial charge on any atom is -0.465 e. The van der Waals surface area contributed by atoms with Gasteiger partial charge in [0.15, 0.2) is 0 Å². The monoisotopic (exact) mass is 267 g/mol. The highest BCUT2D eigenvalue weighted by atomic mass is 35.5. The van der Waals surface area contributed by atoms with Crippen molar-refractivity contribution in [2.24, 2.45) is 5.41 Å². The predicted molar refractivity (Wildman–Crippen MR) is 73.2 cm³/mol. The first-order valence-corrected chi connectivity index (χ1v) is 6.48. The molecular weight excluding hydrogens is 250 g/mol. The second-order valence-electron chi connectivity index (χ2n) is 5.20. The lowest BCUT2D eigenvalue weighted by molar-refractivity contribution is 0.0601. The van der Waals surface area contributed by atoms with E-state index in [1.54, 1.807) is 12.1 Å². The minimum absolute atomic E-state index is 0.321. The third-order valence-corrected chi connectivity index (χ3v) is 4.08. The lowest BCUT2D eigenvalue weighted by atomic mass is 10.00. The Labute approximate surface area is 112 Å². The summed E-state index contributed by atoms with van der Waals surface area (Å²) in [4.78, 5) is 11.7. The van der Waals surface area contributed by atoms with E-state index in [9.17, 15) is 4.79 Å². The Balaban J connectivity index is 2.23. The van der Waals surface area contributed by atoms with Crippen LogP contribution in [0.5, 0.6) is 0 Å². The summed E-state index contributed by atoms with van der Waals surface area (Å²) in [6, 6.07) is 5.56. The number of hydrogen-bond donors (Lipinski definition) is 1. The summed E-state index contributed by atoms with van der Waals surface area (Å²) in [6.45, 7) is 4.39. The van der Waals surface area contributed by atoms with Crippen molar-refractivity contribution >= 4 is 23.3 Å². The average Bonchev–Trinajstić information content (AvgIpc) is 3.10. The number of halogens is 1. The summed E-state index contributed by atoms with van der Waals surface area (Å²) >= 11 is 5.92. The molecule has 1 aliphatic carbocycles. The number of methoxy groups -OCH3 is 1. The molecule has 1 N–H and O–H groups in total. The summed E-state index contributed by atoms with van der Waals surface area (Å²) < 4.78 is 4.78. The van der Waals surface area contributed by atoms with Gasteiger partial charge < -0.3 is 10.1 Å². The van der Waals surface area contributed by atoms with Crippen molar-refractivity contribution in [2.75, 3.05) is 12.4 Å². The van der Waals surface area contributed by atoms with Gasteiger partial charge in [-0.25, -0.2) is 4.79 Å². The van der Waals surface area contributed by atoms with Crippen molar-refractivity contribution < 1.29 is 9.53 Å². The second kappa shape index (κ2) is 4.81. The Morgan fingerprint density at radius 2 is 2.17 bits per heavy atom. The minimum atomic E-state index is -0.367. The maximum atomic E-state index is 11.7. The molecule has 1 aliphatic rings. The molecule has 1 unspecified atom stereocenters. The first-order valence-electron chi connectivity index (χ1n) is 6.11. The number of ether oxygens (including phenoxy) is 1. The topological polar surface area (TPSA) is 38.3 Å². The van der Waals surface area contributed by atoms with E-state index in [1.807, 2.05) is 6.07 Å². The Morgan fingerprint density at radius 1 is 1.50 bits per heavy atom. The molecule has 0 radical (unpaired) electrons. The number of esters is 1. The van der Waals surface area contributed by atoms with Crippen molar-refractivity contribution in [1.29, 1.82) is 0 Å². The Kier molecular flexibility index (Phi) is 3.53. The molecular formula is C14H18ClNO2. The van der Waals surface area contributed by atoms with E-state index in [4.69, 9.17) is 16.3 Å². The zero-order valence-corrected chi connectivity index (χ0v) is 11.7. The van der Waals surface area contributed by atoms with E-state index in [2.05, 4.69) is 19.2 Å². The number of hydrogen-bond acceptors (Lipinski definition) is 3. The average molecular weight is 268 g/mol. The van der Waals surface area contributed by atoms with Crippen molar-refractivity contribution in [3.8, 4) is 0 Å². The van der Waals surface area contributed by atoms with Gasteiger partial charge in [-0.3, -0.25) is 0 Å². The van der Waals surface area contributed by atoms with Crippen molar-refractivity contribution in [1.82, 2.24) is 0 Å². The van der Waals surface area contributed by atoms with Crippen LogP contribution >= 0.6 is 11.6 Å². The van der Waals surface area contributed by atoms with Gasteiger partial charge in [0.2, 0.25) is 0 Å². The van der Waals surface area contributed by atoms with E-state index in [1.165, 1.54) is 20.0 Å². The Bertz CT molecular complexity index is 469. The Hall–Kier alpha value is -1.22. The molecule has 1 aromatic carbocycles. The highest BCUT2D eigenvalue weighted by molar-refractivity contribution is 6.31. The van der Waals surface area contributed by atoms with E-state index in [-0.39, 0.29) is 5.97 Å². The normalized spacial score (nSPS) is 18.0. The quantitative estimate of drug-likeness (QED) is 0.845. The standard InChI is InChI=1S/C14H18ClNO2/c1-9(14(2)6-7-14)16-12-5-4-10(15)8-11(12)13(17)18-3/h4-5,8-9,16H,6-7H2,1-3H3. The molecule has 1 aromatic rings. The van der Waals surface area contributed by atoms with Gasteiger partial charge in [-0.1, -0.05) is 18.5 Å². The molecule has 1 atom stereocenters. The summed E-state index contributed by atoms with van der Waals surface area (Å²) in [7, 11) is 1.37. The molecule has 18 heavy (non-hydrogen) atoms. The molecule has 0 aliphatic heterocycles. The van der Waals surface area contributed by atoms with Gasteiger partial charge in [-0.05, 0) is 43.4 Å². The van der Waals surface area contributed by atoms with Gasteiger partial charge in [0.05, 0.1) is 12.7 Å². The summed E-state index contributed by atoms with van der Waals surface area (Å²) in [5.41, 5.74) is 1.61. The molecule has 0 amide bonds. The van der Waals surface area contributed by atoms with Crippen LogP contribution in [-0.2, 0) is 4.74 Å². The number of carbonyl (C=O) groups is 1. The van der Waals surface area contributed by atoms with Crippen LogP contribution in [0.4, 0.5) is 5.69 Å². The molecule has 4 heteroatoms. The van der Waals surface area contributed by atoms with Crippen LogP contribution in [0.3, 0.4) is 0 Å². The van der Waals surface area contributed by atoms with Crippen LogP contribution in [0.15, 0.2) is 18.2 Å². The van der Waals surface area contributed by atoms with E-state index in [0.717, 1.165) is 5.69 Å². The lowest BCUT2D eigenvalue weighted by Crippen LogP contribution is -2.26. The number of nitrogens with one attached hydrogen (secondary N) is 1. The SMILES string of the molecule is COC(=O)c1cc(Cl)ccc1NC(C)C1(C)CC1. The number of rotatable bonds is 4. The molecule has 3 nitrogen and oxygen atoms in total. The second-order valence-corrected chi connectivity index (χ2v) is 5.64. The molecule has 1 fully saturated rings. The highest BCUT2D eigenvalue weighted by Crippen LogP contribution is 2.49. The molecule has 98 valence electrons. The zero-order valence-electron chi connectivity index (χ0n) is 10.9. The van der Waals surface area contributed by atoms with Gasteiger partial charge in [0.25, 0.3) is 0 Å². The number of benzene rings is 1. The van der Waals surface area contributed by atoms with Gasteiger partial charge in [0, 0.05) is 16.8 Å². The van der Waals surface area contributed by atoms with E-state index >= 15 is 0 Å². The summed E-state index contributed by atoms with van der Waals surface area (Å²) in [5.74, 6) is -0.367. The first kappa shape index (κ1) is 13.2. The highest BCUT2D eigenvalue weighted by Gasteiger charge is 2.42.